The van der Waals surface area contributed by atoms with Gasteiger partial charge in [0.1, 0.15) is 0 Å². The first kappa shape index (κ1) is 10.6. The molecule has 0 saturated carbocycles. The highest BCUT2D eigenvalue weighted by Gasteiger charge is 2.02. The minimum Gasteiger partial charge on any atom is -0.395 e. The maximum Gasteiger partial charge on any atom is 0.269 e. The lowest BCUT2D eigenvalue weighted by molar-refractivity contribution is -0.384. The molecule has 0 spiro atoms. The van der Waals surface area contributed by atoms with E-state index in [-0.39, 0.29) is 12.3 Å². The van der Waals surface area contributed by atoms with Crippen molar-refractivity contribution in [2.75, 3.05) is 13.2 Å². The van der Waals surface area contributed by atoms with Crippen LogP contribution in [0.15, 0.2) is 24.3 Å². The van der Waals surface area contributed by atoms with E-state index in [9.17, 15) is 10.1 Å². The van der Waals surface area contributed by atoms with Gasteiger partial charge < -0.3 is 10.4 Å². The van der Waals surface area contributed by atoms with Gasteiger partial charge in [0.15, 0.2) is 0 Å². The minimum absolute atomic E-state index is 0.0903. The van der Waals surface area contributed by atoms with Gasteiger partial charge in [0.2, 0.25) is 0 Å². The number of non-ortho nitro benzene ring substituents is 1. The summed E-state index contributed by atoms with van der Waals surface area (Å²) >= 11 is 0. The molecule has 0 heterocycles. The van der Waals surface area contributed by atoms with Crippen LogP contribution in [-0.2, 0) is 6.54 Å². The van der Waals surface area contributed by atoms with Gasteiger partial charge in [0.05, 0.1) is 11.5 Å². The van der Waals surface area contributed by atoms with Crippen molar-refractivity contribution in [3.05, 3.63) is 39.9 Å². The highest BCUT2D eigenvalue weighted by atomic mass is 16.6. The van der Waals surface area contributed by atoms with Crippen LogP contribution in [0.1, 0.15) is 5.56 Å². The second kappa shape index (κ2) is 5.31. The highest BCUT2D eigenvalue weighted by Crippen LogP contribution is 2.11. The molecule has 0 saturated heterocycles. The zero-order valence-electron chi connectivity index (χ0n) is 7.64. The zero-order chi connectivity index (χ0) is 10.4. The van der Waals surface area contributed by atoms with Crippen molar-refractivity contribution in [3.63, 3.8) is 0 Å². The third-order valence-electron chi connectivity index (χ3n) is 1.76. The van der Waals surface area contributed by atoms with Crippen LogP contribution in [0.4, 0.5) is 5.69 Å². The van der Waals surface area contributed by atoms with Crippen molar-refractivity contribution in [2.24, 2.45) is 0 Å². The Hall–Kier alpha value is -1.46. The van der Waals surface area contributed by atoms with E-state index in [2.05, 4.69) is 5.32 Å². The zero-order valence-corrected chi connectivity index (χ0v) is 7.64. The topological polar surface area (TPSA) is 75.4 Å². The monoisotopic (exact) mass is 196 g/mol. The molecule has 5 heteroatoms. The van der Waals surface area contributed by atoms with Gasteiger partial charge in [-0.15, -0.1) is 0 Å². The largest absolute Gasteiger partial charge is 0.395 e. The fourth-order valence-electron chi connectivity index (χ4n) is 1.05. The standard InChI is InChI=1S/C9H12N2O3/c12-6-5-10-7-8-1-3-9(4-2-8)11(13)14/h1-4,10,12H,5-7H2. The smallest absolute Gasteiger partial charge is 0.269 e. The summed E-state index contributed by atoms with van der Waals surface area (Å²) in [7, 11) is 0. The molecule has 1 aromatic rings. The molecule has 0 aliphatic rings. The second-order valence-corrected chi connectivity index (χ2v) is 2.82. The summed E-state index contributed by atoms with van der Waals surface area (Å²) in [6.45, 7) is 1.22. The van der Waals surface area contributed by atoms with Crippen LogP contribution in [0.3, 0.4) is 0 Å². The van der Waals surface area contributed by atoms with Gasteiger partial charge >= 0.3 is 0 Å². The van der Waals surface area contributed by atoms with Gasteiger partial charge in [-0.1, -0.05) is 12.1 Å². The maximum absolute atomic E-state index is 10.3. The summed E-state index contributed by atoms with van der Waals surface area (Å²) < 4.78 is 0. The van der Waals surface area contributed by atoms with Crippen molar-refractivity contribution >= 4 is 5.69 Å². The average Bonchev–Trinajstić information content (AvgIpc) is 2.19. The van der Waals surface area contributed by atoms with E-state index in [1.54, 1.807) is 12.1 Å². The molecule has 0 aromatic heterocycles. The molecule has 5 nitrogen and oxygen atoms in total. The summed E-state index contributed by atoms with van der Waals surface area (Å²) in [6.07, 6.45) is 0. The number of hydrogen-bond acceptors (Lipinski definition) is 4. The number of benzene rings is 1. The highest BCUT2D eigenvalue weighted by molar-refractivity contribution is 5.32. The van der Waals surface area contributed by atoms with Crippen molar-refractivity contribution in [1.82, 2.24) is 5.32 Å². The van der Waals surface area contributed by atoms with Gasteiger partial charge in [-0.2, -0.15) is 0 Å². The molecule has 14 heavy (non-hydrogen) atoms. The van der Waals surface area contributed by atoms with E-state index in [1.165, 1.54) is 12.1 Å². The quantitative estimate of drug-likeness (QED) is 0.412. The van der Waals surface area contributed by atoms with Gasteiger partial charge in [-0.05, 0) is 5.56 Å². The Morgan fingerprint density at radius 2 is 2.00 bits per heavy atom. The Morgan fingerprint density at radius 3 is 2.50 bits per heavy atom. The van der Waals surface area contributed by atoms with E-state index in [1.807, 2.05) is 0 Å². The molecule has 0 atom stereocenters. The molecule has 0 unspecified atom stereocenters. The average molecular weight is 196 g/mol. The van der Waals surface area contributed by atoms with E-state index >= 15 is 0 Å². The van der Waals surface area contributed by atoms with Crippen LogP contribution in [0.5, 0.6) is 0 Å². The maximum atomic E-state index is 10.3. The molecule has 0 radical (unpaired) electrons. The lowest BCUT2D eigenvalue weighted by Gasteiger charge is -2.01. The molecule has 0 aliphatic carbocycles. The number of aliphatic hydroxyl groups is 1. The Morgan fingerprint density at radius 1 is 1.36 bits per heavy atom. The number of aliphatic hydroxyl groups excluding tert-OH is 1. The Balaban J connectivity index is 2.51. The summed E-state index contributed by atoms with van der Waals surface area (Å²) in [4.78, 5) is 9.90. The summed E-state index contributed by atoms with van der Waals surface area (Å²) in [6, 6.07) is 6.33. The number of nitrogens with one attached hydrogen (secondary N) is 1. The van der Waals surface area contributed by atoms with E-state index in [4.69, 9.17) is 5.11 Å². The first-order chi connectivity index (χ1) is 6.74. The SMILES string of the molecule is O=[N+]([O-])c1ccc(CNCCO)cc1. The Labute approximate surface area is 81.5 Å². The van der Waals surface area contributed by atoms with Gasteiger partial charge in [-0.25, -0.2) is 0 Å². The molecule has 0 fully saturated rings. The predicted octanol–water partition coefficient (Wildman–Crippen LogP) is 0.677. The normalized spacial score (nSPS) is 10.1. The molecule has 1 aromatic carbocycles. The van der Waals surface area contributed by atoms with Crippen LogP contribution in [0.25, 0.3) is 0 Å². The lowest BCUT2D eigenvalue weighted by Crippen LogP contribution is -2.17. The molecule has 0 bridgehead atoms. The van der Waals surface area contributed by atoms with Crippen molar-refractivity contribution in [3.8, 4) is 0 Å². The lowest BCUT2D eigenvalue weighted by atomic mass is 10.2. The third kappa shape index (κ3) is 3.12. The summed E-state index contributed by atoms with van der Waals surface area (Å²) in [5.74, 6) is 0. The summed E-state index contributed by atoms with van der Waals surface area (Å²) in [5.41, 5.74) is 1.06. The van der Waals surface area contributed by atoms with E-state index in [0.717, 1.165) is 5.56 Å². The second-order valence-electron chi connectivity index (χ2n) is 2.82. The van der Waals surface area contributed by atoms with Crippen molar-refractivity contribution < 1.29 is 10.0 Å². The van der Waals surface area contributed by atoms with Gasteiger partial charge in [-0.3, -0.25) is 10.1 Å². The summed E-state index contributed by atoms with van der Waals surface area (Å²) in [5, 5.41) is 21.8. The van der Waals surface area contributed by atoms with Gasteiger partial charge in [0.25, 0.3) is 5.69 Å². The first-order valence-corrected chi connectivity index (χ1v) is 4.29. The molecule has 0 aliphatic heterocycles. The van der Waals surface area contributed by atoms with Crippen LogP contribution >= 0.6 is 0 Å². The fourth-order valence-corrected chi connectivity index (χ4v) is 1.05. The number of hydrogen-bond donors (Lipinski definition) is 2. The Kier molecular flexibility index (Phi) is 4.03. The Bertz CT molecular complexity index is 297. The minimum atomic E-state index is -0.426. The first-order valence-electron chi connectivity index (χ1n) is 4.29. The number of rotatable bonds is 5. The third-order valence-corrected chi connectivity index (χ3v) is 1.76. The fraction of sp³-hybridized carbons (Fsp3) is 0.333. The van der Waals surface area contributed by atoms with Crippen LogP contribution < -0.4 is 5.32 Å². The molecular weight excluding hydrogens is 184 g/mol. The van der Waals surface area contributed by atoms with Crippen LogP contribution in [0.2, 0.25) is 0 Å². The van der Waals surface area contributed by atoms with Gasteiger partial charge in [0, 0.05) is 25.2 Å². The predicted molar refractivity (Wildman–Crippen MR) is 51.9 cm³/mol. The van der Waals surface area contributed by atoms with E-state index < -0.39 is 4.92 Å². The van der Waals surface area contributed by atoms with Crippen molar-refractivity contribution in [1.29, 1.82) is 0 Å². The molecule has 1 rings (SSSR count). The number of nitro groups is 1. The van der Waals surface area contributed by atoms with E-state index in [0.29, 0.717) is 13.1 Å². The number of nitrogens with zero attached hydrogens (tertiary/aromatic N) is 1. The molecule has 2 N–H and O–H groups in total. The molecule has 76 valence electrons. The van der Waals surface area contributed by atoms with Crippen LogP contribution in [0, 0.1) is 10.1 Å². The van der Waals surface area contributed by atoms with Crippen LogP contribution in [-0.4, -0.2) is 23.2 Å². The molecular formula is C9H12N2O3. The molecule has 0 amide bonds. The van der Waals surface area contributed by atoms with Crippen molar-refractivity contribution in [2.45, 2.75) is 6.54 Å². The number of nitro benzene ring substituents is 1.